The van der Waals surface area contributed by atoms with Crippen molar-refractivity contribution >= 4 is 39.0 Å². The third-order valence-electron chi connectivity index (χ3n) is 4.60. The van der Waals surface area contributed by atoms with E-state index in [2.05, 4.69) is 36.2 Å². The summed E-state index contributed by atoms with van der Waals surface area (Å²) in [5.74, 6) is -0.337. The molecular weight excluding hydrogens is 458 g/mol. The molecule has 158 valence electrons. The van der Waals surface area contributed by atoms with Crippen LogP contribution in [-0.4, -0.2) is 38.5 Å². The molecule has 0 fully saturated rings. The van der Waals surface area contributed by atoms with Gasteiger partial charge in [0.1, 0.15) is 11.3 Å². The van der Waals surface area contributed by atoms with Gasteiger partial charge in [0.25, 0.3) is 5.56 Å². The van der Waals surface area contributed by atoms with Gasteiger partial charge in [-0.05, 0) is 17.7 Å². The summed E-state index contributed by atoms with van der Waals surface area (Å²) in [5, 5.41) is 2.83. The highest BCUT2D eigenvalue weighted by Crippen LogP contribution is 2.20. The van der Waals surface area contributed by atoms with E-state index in [0.29, 0.717) is 5.82 Å². The van der Waals surface area contributed by atoms with Crippen molar-refractivity contribution in [3.8, 4) is 0 Å². The Morgan fingerprint density at radius 3 is 2.60 bits per heavy atom. The first-order valence-electron chi connectivity index (χ1n) is 9.08. The minimum absolute atomic E-state index is 0.00794. The molecule has 0 aliphatic heterocycles. The molecule has 0 bridgehead atoms. The fourth-order valence-electron chi connectivity index (χ4n) is 2.97. The van der Waals surface area contributed by atoms with E-state index in [1.807, 2.05) is 24.3 Å². The summed E-state index contributed by atoms with van der Waals surface area (Å²) >= 11 is 3.35. The quantitative estimate of drug-likeness (QED) is 0.434. The Bertz CT molecular complexity index is 1190. The summed E-state index contributed by atoms with van der Waals surface area (Å²) in [7, 11) is 2.78. The van der Waals surface area contributed by atoms with Crippen molar-refractivity contribution < 1.29 is 14.3 Å². The second-order valence-corrected chi connectivity index (χ2v) is 7.57. The molecule has 0 saturated heterocycles. The number of amides is 1. The second-order valence-electron chi connectivity index (χ2n) is 6.65. The SMILES string of the molecule is COC(=O)CC(NC(=O)CCc1nc2c([nH]1)c(=O)[nH]c(=O)n2C)c1ccc(Br)cc1. The predicted octanol–water partition coefficient (Wildman–Crippen LogP) is 1.07. The highest BCUT2D eigenvalue weighted by Gasteiger charge is 2.19. The normalized spacial score (nSPS) is 12.0. The number of nitrogens with zero attached hydrogens (tertiary/aromatic N) is 2. The maximum absolute atomic E-state index is 12.5. The van der Waals surface area contributed by atoms with Crippen LogP contribution >= 0.6 is 15.9 Å². The number of halogens is 1. The van der Waals surface area contributed by atoms with Gasteiger partial charge in [-0.15, -0.1) is 0 Å². The zero-order chi connectivity index (χ0) is 21.8. The highest BCUT2D eigenvalue weighted by atomic mass is 79.9. The average Bonchev–Trinajstić information content (AvgIpc) is 3.16. The van der Waals surface area contributed by atoms with Crippen molar-refractivity contribution in [2.24, 2.45) is 7.05 Å². The molecule has 3 aromatic rings. The molecule has 11 heteroatoms. The van der Waals surface area contributed by atoms with Crippen LogP contribution in [0.1, 0.15) is 30.3 Å². The molecule has 3 N–H and O–H groups in total. The van der Waals surface area contributed by atoms with Crippen molar-refractivity contribution in [3.05, 3.63) is 61.0 Å². The molecule has 1 aromatic carbocycles. The molecule has 2 aromatic heterocycles. The highest BCUT2D eigenvalue weighted by molar-refractivity contribution is 9.10. The molecule has 1 atom stereocenters. The number of nitrogens with one attached hydrogen (secondary N) is 3. The molecule has 0 aliphatic carbocycles. The molecule has 0 saturated carbocycles. The molecule has 0 spiro atoms. The lowest BCUT2D eigenvalue weighted by Crippen LogP contribution is -2.30. The number of rotatable bonds is 7. The fraction of sp³-hybridized carbons (Fsp3) is 0.316. The number of carbonyl (C=O) groups excluding carboxylic acids is 2. The van der Waals surface area contributed by atoms with Crippen LogP contribution in [-0.2, 0) is 27.8 Å². The molecule has 0 radical (unpaired) electrons. The fourth-order valence-corrected chi connectivity index (χ4v) is 3.23. The Balaban J connectivity index is 1.71. The minimum atomic E-state index is -0.566. The van der Waals surface area contributed by atoms with Crippen LogP contribution in [0.2, 0.25) is 0 Å². The first kappa shape index (κ1) is 21.5. The van der Waals surface area contributed by atoms with E-state index in [0.717, 1.165) is 10.0 Å². The zero-order valence-electron chi connectivity index (χ0n) is 16.3. The number of hydrogen-bond donors (Lipinski definition) is 3. The van der Waals surface area contributed by atoms with Crippen LogP contribution in [0, 0.1) is 0 Å². The van der Waals surface area contributed by atoms with Crippen LogP contribution < -0.4 is 16.6 Å². The topological polar surface area (TPSA) is 139 Å². The van der Waals surface area contributed by atoms with Gasteiger partial charge in [-0.2, -0.15) is 0 Å². The lowest BCUT2D eigenvalue weighted by molar-refractivity contribution is -0.141. The molecule has 0 aliphatic rings. The first-order valence-corrected chi connectivity index (χ1v) is 9.87. The number of aromatic amines is 2. The second kappa shape index (κ2) is 9.08. The van der Waals surface area contributed by atoms with Crippen LogP contribution in [0.15, 0.2) is 38.3 Å². The van der Waals surface area contributed by atoms with Gasteiger partial charge in [-0.3, -0.25) is 23.9 Å². The van der Waals surface area contributed by atoms with Crippen molar-refractivity contribution in [3.63, 3.8) is 0 Å². The number of carbonyl (C=O) groups is 2. The first-order chi connectivity index (χ1) is 14.3. The molecular formula is C19H20BrN5O5. The number of esters is 1. The average molecular weight is 478 g/mol. The van der Waals surface area contributed by atoms with Gasteiger partial charge in [0.15, 0.2) is 5.65 Å². The lowest BCUT2D eigenvalue weighted by Gasteiger charge is -2.18. The summed E-state index contributed by atoms with van der Waals surface area (Å²) in [4.78, 5) is 57.1. The zero-order valence-corrected chi connectivity index (χ0v) is 17.9. The van der Waals surface area contributed by atoms with Gasteiger partial charge in [0, 0.05) is 24.4 Å². The summed E-state index contributed by atoms with van der Waals surface area (Å²) in [6.07, 6.45) is 0.283. The molecule has 2 heterocycles. The minimum Gasteiger partial charge on any atom is -0.469 e. The van der Waals surface area contributed by atoms with Gasteiger partial charge in [-0.25, -0.2) is 9.78 Å². The van der Waals surface area contributed by atoms with E-state index in [-0.39, 0.29) is 36.3 Å². The van der Waals surface area contributed by atoms with Crippen molar-refractivity contribution in [1.82, 2.24) is 24.8 Å². The van der Waals surface area contributed by atoms with Crippen molar-refractivity contribution in [1.29, 1.82) is 0 Å². The molecule has 1 amide bonds. The van der Waals surface area contributed by atoms with Crippen molar-refractivity contribution in [2.45, 2.75) is 25.3 Å². The van der Waals surface area contributed by atoms with Crippen LogP contribution in [0.5, 0.6) is 0 Å². The number of fused-ring (bicyclic) bond motifs is 1. The van der Waals surface area contributed by atoms with E-state index >= 15 is 0 Å². The van der Waals surface area contributed by atoms with Gasteiger partial charge in [0.05, 0.1) is 19.6 Å². The standard InChI is InChI=1S/C19H20BrN5O5/c1-25-17-16(18(28)24-19(25)29)22-13(23-17)7-8-14(26)21-12(9-15(27)30-2)10-3-5-11(20)6-4-10/h3-6,12H,7-9H2,1-2H3,(H,21,26)(H,22,23)(H,24,28,29). The molecule has 10 nitrogen and oxygen atoms in total. The molecule has 1 unspecified atom stereocenters. The molecule has 3 rings (SSSR count). The summed E-state index contributed by atoms with van der Waals surface area (Å²) in [5.41, 5.74) is 0.0267. The van der Waals surface area contributed by atoms with E-state index in [1.165, 1.54) is 18.7 Å². The number of ether oxygens (including phenoxy) is 1. The van der Waals surface area contributed by atoms with Gasteiger partial charge in [-0.1, -0.05) is 28.1 Å². The summed E-state index contributed by atoms with van der Waals surface area (Å²) in [6.45, 7) is 0. The molecule has 30 heavy (non-hydrogen) atoms. The number of hydrogen-bond acceptors (Lipinski definition) is 6. The van der Waals surface area contributed by atoms with Gasteiger partial charge < -0.3 is 15.0 Å². The smallest absolute Gasteiger partial charge is 0.329 e. The van der Waals surface area contributed by atoms with E-state index in [4.69, 9.17) is 4.74 Å². The monoisotopic (exact) mass is 477 g/mol. The third kappa shape index (κ3) is 4.85. The summed E-state index contributed by atoms with van der Waals surface area (Å²) in [6, 6.07) is 6.72. The maximum Gasteiger partial charge on any atom is 0.329 e. The largest absolute Gasteiger partial charge is 0.469 e. The third-order valence-corrected chi connectivity index (χ3v) is 5.13. The van der Waals surface area contributed by atoms with Crippen LogP contribution in [0.25, 0.3) is 11.2 Å². The van der Waals surface area contributed by atoms with Gasteiger partial charge >= 0.3 is 11.7 Å². The van der Waals surface area contributed by atoms with E-state index in [9.17, 15) is 19.2 Å². The van der Waals surface area contributed by atoms with E-state index < -0.39 is 23.3 Å². The number of benzene rings is 1. The van der Waals surface area contributed by atoms with Gasteiger partial charge in [0.2, 0.25) is 5.91 Å². The van der Waals surface area contributed by atoms with Crippen LogP contribution in [0.4, 0.5) is 0 Å². The number of imidazole rings is 1. The van der Waals surface area contributed by atoms with Crippen molar-refractivity contribution in [2.75, 3.05) is 7.11 Å². The Kier molecular flexibility index (Phi) is 6.50. The number of methoxy groups -OCH3 is 1. The Morgan fingerprint density at radius 2 is 1.93 bits per heavy atom. The number of H-pyrrole nitrogens is 2. The number of aryl methyl sites for hydroxylation is 2. The Labute approximate surface area is 178 Å². The van der Waals surface area contributed by atoms with Crippen LogP contribution in [0.3, 0.4) is 0 Å². The Hall–Kier alpha value is -3.21. The lowest BCUT2D eigenvalue weighted by atomic mass is 10.0. The number of aromatic nitrogens is 4. The maximum atomic E-state index is 12.5. The summed E-state index contributed by atoms with van der Waals surface area (Å²) < 4.78 is 6.82. The predicted molar refractivity (Wildman–Crippen MR) is 112 cm³/mol. The van der Waals surface area contributed by atoms with E-state index in [1.54, 1.807) is 0 Å². The Morgan fingerprint density at radius 1 is 1.23 bits per heavy atom.